The van der Waals surface area contributed by atoms with E-state index in [1.165, 1.54) is 17.0 Å². The Labute approximate surface area is 199 Å². The van der Waals surface area contributed by atoms with Crippen molar-refractivity contribution in [2.24, 2.45) is 0 Å². The van der Waals surface area contributed by atoms with Crippen molar-refractivity contribution in [2.75, 3.05) is 45.9 Å². The molecule has 4 amide bonds. The van der Waals surface area contributed by atoms with Crippen LogP contribution in [0.2, 0.25) is 0 Å². The number of benzene rings is 1. The minimum absolute atomic E-state index is 0.0431. The third-order valence-electron chi connectivity index (χ3n) is 6.11. The third kappa shape index (κ3) is 5.49. The highest BCUT2D eigenvalue weighted by Gasteiger charge is 2.39. The number of urea groups is 2. The summed E-state index contributed by atoms with van der Waals surface area (Å²) in [4.78, 5) is 43.9. The molecule has 2 heterocycles. The summed E-state index contributed by atoms with van der Waals surface area (Å²) in [6.07, 6.45) is 0. The first-order valence-corrected chi connectivity index (χ1v) is 11.8. The Balaban J connectivity index is 1.96. The maximum absolute atomic E-state index is 14.0. The van der Waals surface area contributed by atoms with Crippen LogP contribution >= 0.6 is 0 Å². The summed E-state index contributed by atoms with van der Waals surface area (Å²) in [5, 5.41) is 5.68. The number of ether oxygens (including phenoxy) is 1. The van der Waals surface area contributed by atoms with Crippen LogP contribution in [0.15, 0.2) is 35.5 Å². The number of nitrogens with zero attached hydrogens (tertiary/aromatic N) is 3. The highest BCUT2D eigenvalue weighted by Crippen LogP contribution is 2.32. The van der Waals surface area contributed by atoms with Crippen molar-refractivity contribution in [2.45, 2.75) is 39.8 Å². The van der Waals surface area contributed by atoms with Crippen LogP contribution in [-0.4, -0.2) is 84.6 Å². The fraction of sp³-hybridized carbons (Fsp3) is 0.542. The van der Waals surface area contributed by atoms with Gasteiger partial charge in [0.1, 0.15) is 5.82 Å². The zero-order valence-corrected chi connectivity index (χ0v) is 20.3. The maximum Gasteiger partial charge on any atom is 0.338 e. The summed E-state index contributed by atoms with van der Waals surface area (Å²) in [6, 6.07) is 4.54. The van der Waals surface area contributed by atoms with Gasteiger partial charge in [0.25, 0.3) is 0 Å². The van der Waals surface area contributed by atoms with Crippen LogP contribution in [0, 0.1) is 5.82 Å². The summed E-state index contributed by atoms with van der Waals surface area (Å²) < 4.78 is 19.4. The topological polar surface area (TPSA) is 94.2 Å². The second-order valence-electron chi connectivity index (χ2n) is 8.38. The Morgan fingerprint density at radius 2 is 2.00 bits per heavy atom. The molecule has 186 valence electrons. The zero-order chi connectivity index (χ0) is 24.8. The fourth-order valence-electron chi connectivity index (χ4n) is 4.54. The van der Waals surface area contributed by atoms with Crippen LogP contribution in [0.1, 0.15) is 39.3 Å². The first-order valence-electron chi connectivity index (χ1n) is 11.8. The van der Waals surface area contributed by atoms with Crippen LogP contribution < -0.4 is 10.6 Å². The predicted molar refractivity (Wildman–Crippen MR) is 125 cm³/mol. The number of likely N-dealkylation sites (N-methyl/N-ethyl adjacent to an activating group) is 1. The van der Waals surface area contributed by atoms with E-state index in [1.807, 2.05) is 20.8 Å². The van der Waals surface area contributed by atoms with E-state index in [2.05, 4.69) is 15.5 Å². The Kier molecular flexibility index (Phi) is 8.49. The minimum atomic E-state index is -0.825. The number of hydrogen-bond acceptors (Lipinski definition) is 5. The van der Waals surface area contributed by atoms with Crippen molar-refractivity contribution >= 4 is 18.0 Å². The largest absolute Gasteiger partial charge is 0.463 e. The monoisotopic (exact) mass is 475 g/mol. The first kappa shape index (κ1) is 25.5. The molecule has 10 heteroatoms. The van der Waals surface area contributed by atoms with Gasteiger partial charge in [-0.15, -0.1) is 0 Å². The fourth-order valence-corrected chi connectivity index (χ4v) is 4.54. The SMILES string of the molecule is CCNC(=O)N1CCN(CC2=C(C(=O)OCC)[C@@H](c3cccc(F)c3)NC(=O)N2CC)C[C@H]1C. The number of esters is 1. The van der Waals surface area contributed by atoms with E-state index in [4.69, 9.17) is 4.74 Å². The van der Waals surface area contributed by atoms with Crippen LogP contribution in [0.5, 0.6) is 0 Å². The molecule has 0 saturated carbocycles. The molecule has 1 fully saturated rings. The average molecular weight is 476 g/mol. The van der Waals surface area contributed by atoms with Crippen molar-refractivity contribution < 1.29 is 23.5 Å². The molecule has 2 aliphatic rings. The molecule has 0 aliphatic carbocycles. The van der Waals surface area contributed by atoms with Gasteiger partial charge < -0.3 is 20.3 Å². The van der Waals surface area contributed by atoms with Gasteiger partial charge in [0.15, 0.2) is 0 Å². The van der Waals surface area contributed by atoms with Crippen molar-refractivity contribution in [1.82, 2.24) is 25.3 Å². The standard InChI is InChI=1S/C24H34FN5O4/c1-5-26-23(32)30-12-11-28(14-16(30)4)15-19-20(22(31)34-7-3)21(27-24(33)29(19)6-2)17-9-8-10-18(25)13-17/h8-10,13,16,21H,5-7,11-12,14-15H2,1-4H3,(H,26,32)(H,27,33)/t16-,21-/m1/s1. The molecule has 2 N–H and O–H groups in total. The molecule has 1 saturated heterocycles. The average Bonchev–Trinajstić information content (AvgIpc) is 2.79. The molecule has 2 aliphatic heterocycles. The number of carbonyl (C=O) groups excluding carboxylic acids is 3. The van der Waals surface area contributed by atoms with Gasteiger partial charge in [0.05, 0.1) is 18.2 Å². The second kappa shape index (κ2) is 11.3. The van der Waals surface area contributed by atoms with E-state index in [1.54, 1.807) is 24.0 Å². The number of amides is 4. The lowest BCUT2D eigenvalue weighted by Gasteiger charge is -2.42. The Bertz CT molecular complexity index is 953. The first-order chi connectivity index (χ1) is 16.3. The number of nitrogens with one attached hydrogen (secondary N) is 2. The van der Waals surface area contributed by atoms with E-state index >= 15 is 0 Å². The molecule has 0 bridgehead atoms. The number of halogens is 1. The van der Waals surface area contributed by atoms with Crippen LogP contribution in [0.25, 0.3) is 0 Å². The molecule has 0 radical (unpaired) electrons. The molecule has 0 spiro atoms. The Morgan fingerprint density at radius 1 is 1.24 bits per heavy atom. The molecule has 1 aromatic rings. The Hall–Kier alpha value is -3.14. The van der Waals surface area contributed by atoms with E-state index in [-0.39, 0.29) is 24.7 Å². The summed E-state index contributed by atoms with van der Waals surface area (Å²) in [6.45, 7) is 10.5. The zero-order valence-electron chi connectivity index (χ0n) is 20.3. The smallest absolute Gasteiger partial charge is 0.338 e. The second-order valence-corrected chi connectivity index (χ2v) is 8.38. The Morgan fingerprint density at radius 3 is 2.62 bits per heavy atom. The van der Waals surface area contributed by atoms with Gasteiger partial charge in [-0.1, -0.05) is 12.1 Å². The number of piperazine rings is 1. The maximum atomic E-state index is 14.0. The molecular formula is C24H34FN5O4. The molecule has 1 aromatic carbocycles. The van der Waals surface area contributed by atoms with Gasteiger partial charge >= 0.3 is 18.0 Å². The van der Waals surface area contributed by atoms with Crippen LogP contribution in [0.4, 0.5) is 14.0 Å². The van der Waals surface area contributed by atoms with Crippen LogP contribution in [-0.2, 0) is 9.53 Å². The molecule has 0 aromatic heterocycles. The molecule has 0 unspecified atom stereocenters. The minimum Gasteiger partial charge on any atom is -0.463 e. The predicted octanol–water partition coefficient (Wildman–Crippen LogP) is 2.46. The molecule has 3 rings (SSSR count). The lowest BCUT2D eigenvalue weighted by Crippen LogP contribution is -2.58. The summed E-state index contributed by atoms with van der Waals surface area (Å²) >= 11 is 0. The van der Waals surface area contributed by atoms with Gasteiger partial charge in [-0.2, -0.15) is 0 Å². The van der Waals surface area contributed by atoms with Crippen molar-refractivity contribution in [3.8, 4) is 0 Å². The summed E-state index contributed by atoms with van der Waals surface area (Å²) in [5.74, 6) is -0.996. The molecule has 9 nitrogen and oxygen atoms in total. The van der Waals surface area contributed by atoms with Crippen molar-refractivity contribution in [3.63, 3.8) is 0 Å². The lowest BCUT2D eigenvalue weighted by atomic mass is 9.94. The summed E-state index contributed by atoms with van der Waals surface area (Å²) in [7, 11) is 0. The van der Waals surface area contributed by atoms with Gasteiger partial charge in [0.2, 0.25) is 0 Å². The van der Waals surface area contributed by atoms with Gasteiger partial charge in [-0.05, 0) is 45.4 Å². The molecule has 34 heavy (non-hydrogen) atoms. The van der Waals surface area contributed by atoms with Gasteiger partial charge in [-0.25, -0.2) is 18.8 Å². The van der Waals surface area contributed by atoms with Gasteiger partial charge in [-0.3, -0.25) is 9.80 Å². The lowest BCUT2D eigenvalue weighted by molar-refractivity contribution is -0.139. The normalized spacial score (nSPS) is 21.4. The number of hydrogen-bond donors (Lipinski definition) is 2. The number of carbonyl (C=O) groups is 3. The van der Waals surface area contributed by atoms with E-state index in [0.717, 1.165) is 0 Å². The molecule has 2 atom stereocenters. The van der Waals surface area contributed by atoms with E-state index < -0.39 is 17.8 Å². The summed E-state index contributed by atoms with van der Waals surface area (Å²) in [5.41, 5.74) is 1.31. The highest BCUT2D eigenvalue weighted by molar-refractivity contribution is 5.95. The van der Waals surface area contributed by atoms with E-state index in [9.17, 15) is 18.8 Å². The number of rotatable bonds is 7. The third-order valence-corrected chi connectivity index (χ3v) is 6.11. The van der Waals surface area contributed by atoms with Crippen molar-refractivity contribution in [1.29, 1.82) is 0 Å². The van der Waals surface area contributed by atoms with E-state index in [0.29, 0.717) is 56.1 Å². The van der Waals surface area contributed by atoms with Crippen LogP contribution in [0.3, 0.4) is 0 Å². The highest BCUT2D eigenvalue weighted by atomic mass is 19.1. The van der Waals surface area contributed by atoms with Gasteiger partial charge in [0, 0.05) is 51.0 Å². The van der Waals surface area contributed by atoms with Crippen molar-refractivity contribution in [3.05, 3.63) is 46.9 Å². The molecular weight excluding hydrogens is 441 g/mol. The quantitative estimate of drug-likeness (QED) is 0.591.